The largest absolute Gasteiger partial charge is 0.495 e. The SMILES string of the molecule is CCCN1CC(c2cc(NS(=O)(=O)c3cccc(C)c3)ncc2OC)C1. The topological polar surface area (TPSA) is 71.5 Å². The molecule has 1 aliphatic heterocycles. The van der Waals surface area contributed by atoms with Crippen molar-refractivity contribution in [1.29, 1.82) is 0 Å². The Morgan fingerprint density at radius 3 is 2.73 bits per heavy atom. The van der Waals surface area contributed by atoms with E-state index in [0.29, 0.717) is 17.5 Å². The Morgan fingerprint density at radius 2 is 2.08 bits per heavy atom. The molecule has 3 rings (SSSR count). The van der Waals surface area contributed by atoms with Crippen molar-refractivity contribution in [2.24, 2.45) is 0 Å². The number of methoxy groups -OCH3 is 1. The van der Waals surface area contributed by atoms with Crippen LogP contribution in [0.2, 0.25) is 0 Å². The van der Waals surface area contributed by atoms with Crippen molar-refractivity contribution in [3.05, 3.63) is 47.7 Å². The third-order valence-electron chi connectivity index (χ3n) is 4.59. The van der Waals surface area contributed by atoms with Crippen LogP contribution in [0.15, 0.2) is 41.4 Å². The summed E-state index contributed by atoms with van der Waals surface area (Å²) in [4.78, 5) is 6.82. The molecule has 0 saturated carbocycles. The maximum absolute atomic E-state index is 12.6. The molecule has 1 saturated heterocycles. The molecule has 0 bridgehead atoms. The minimum Gasteiger partial charge on any atom is -0.495 e. The van der Waals surface area contributed by atoms with Crippen molar-refractivity contribution in [2.75, 3.05) is 31.5 Å². The Balaban J connectivity index is 1.82. The highest BCUT2D eigenvalue weighted by molar-refractivity contribution is 7.92. The van der Waals surface area contributed by atoms with Gasteiger partial charge in [-0.3, -0.25) is 4.72 Å². The number of nitrogens with zero attached hydrogens (tertiary/aromatic N) is 2. The molecule has 140 valence electrons. The van der Waals surface area contributed by atoms with Crippen LogP contribution >= 0.6 is 0 Å². The number of nitrogens with one attached hydrogen (secondary N) is 1. The standard InChI is InChI=1S/C19H25N3O3S/c1-4-8-22-12-15(13-22)17-10-19(20-11-18(17)25-3)21-26(23,24)16-7-5-6-14(2)9-16/h5-7,9-11,15H,4,8,12-13H2,1-3H3,(H,20,21). The predicted molar refractivity (Wildman–Crippen MR) is 102 cm³/mol. The lowest BCUT2D eigenvalue weighted by Crippen LogP contribution is -2.45. The van der Waals surface area contributed by atoms with Crippen molar-refractivity contribution in [3.63, 3.8) is 0 Å². The number of hydrogen-bond donors (Lipinski definition) is 1. The number of aryl methyl sites for hydroxylation is 1. The van der Waals surface area contributed by atoms with Gasteiger partial charge in [0.15, 0.2) is 0 Å². The summed E-state index contributed by atoms with van der Waals surface area (Å²) in [6.07, 6.45) is 2.72. The molecule has 7 heteroatoms. The fraction of sp³-hybridized carbons (Fsp3) is 0.421. The van der Waals surface area contributed by atoms with Crippen LogP contribution in [0.5, 0.6) is 5.75 Å². The molecule has 1 aromatic heterocycles. The van der Waals surface area contributed by atoms with E-state index in [-0.39, 0.29) is 4.90 Å². The van der Waals surface area contributed by atoms with E-state index < -0.39 is 10.0 Å². The summed E-state index contributed by atoms with van der Waals surface area (Å²) in [6, 6.07) is 8.60. The molecule has 2 aromatic rings. The fourth-order valence-corrected chi connectivity index (χ4v) is 4.35. The highest BCUT2D eigenvalue weighted by Crippen LogP contribution is 2.34. The number of anilines is 1. The van der Waals surface area contributed by atoms with Crippen molar-refractivity contribution in [1.82, 2.24) is 9.88 Å². The second kappa shape index (κ2) is 7.63. The lowest BCUT2D eigenvalue weighted by atomic mass is 9.91. The van der Waals surface area contributed by atoms with Gasteiger partial charge in [0.2, 0.25) is 0 Å². The van der Waals surface area contributed by atoms with Gasteiger partial charge < -0.3 is 9.64 Å². The van der Waals surface area contributed by atoms with E-state index in [2.05, 4.69) is 21.5 Å². The van der Waals surface area contributed by atoms with Crippen LogP contribution < -0.4 is 9.46 Å². The molecule has 0 spiro atoms. The molecule has 0 aliphatic carbocycles. The molecule has 0 unspecified atom stereocenters. The van der Waals surface area contributed by atoms with Gasteiger partial charge in [0, 0.05) is 24.6 Å². The summed E-state index contributed by atoms with van der Waals surface area (Å²) in [5.41, 5.74) is 1.89. The number of ether oxygens (including phenoxy) is 1. The summed E-state index contributed by atoms with van der Waals surface area (Å²) in [7, 11) is -2.06. The van der Waals surface area contributed by atoms with Crippen molar-refractivity contribution < 1.29 is 13.2 Å². The van der Waals surface area contributed by atoms with E-state index in [1.165, 1.54) is 0 Å². The van der Waals surface area contributed by atoms with Gasteiger partial charge in [-0.2, -0.15) is 0 Å². The summed E-state index contributed by atoms with van der Waals surface area (Å²) in [6.45, 7) is 7.02. The quantitative estimate of drug-likeness (QED) is 0.805. The first-order valence-electron chi connectivity index (χ1n) is 8.78. The van der Waals surface area contributed by atoms with E-state index in [9.17, 15) is 8.42 Å². The normalized spacial score (nSPS) is 15.5. The Hall–Kier alpha value is -2.12. The van der Waals surface area contributed by atoms with Crippen molar-refractivity contribution in [2.45, 2.75) is 31.1 Å². The predicted octanol–water partition coefficient (Wildman–Crippen LogP) is 3.01. The van der Waals surface area contributed by atoms with Gasteiger partial charge in [-0.15, -0.1) is 0 Å². The minimum atomic E-state index is -3.67. The number of hydrogen-bond acceptors (Lipinski definition) is 5. The smallest absolute Gasteiger partial charge is 0.263 e. The van der Waals surface area contributed by atoms with Gasteiger partial charge in [-0.05, 0) is 43.7 Å². The Labute approximate surface area is 155 Å². The molecule has 0 atom stereocenters. The van der Waals surface area contributed by atoms with Gasteiger partial charge in [-0.1, -0.05) is 19.1 Å². The van der Waals surface area contributed by atoms with Crippen molar-refractivity contribution >= 4 is 15.8 Å². The summed E-state index contributed by atoms with van der Waals surface area (Å²) >= 11 is 0. The zero-order chi connectivity index (χ0) is 18.7. The molecule has 2 heterocycles. The molecule has 1 aromatic carbocycles. The van der Waals surface area contributed by atoms with Gasteiger partial charge >= 0.3 is 0 Å². The first-order chi connectivity index (χ1) is 12.4. The Kier molecular flexibility index (Phi) is 5.48. The van der Waals surface area contributed by atoms with Gasteiger partial charge in [-0.25, -0.2) is 13.4 Å². The Bertz CT molecular complexity index is 877. The van der Waals surface area contributed by atoms with E-state index >= 15 is 0 Å². The maximum atomic E-state index is 12.6. The highest BCUT2D eigenvalue weighted by Gasteiger charge is 2.30. The van der Waals surface area contributed by atoms with E-state index in [1.54, 1.807) is 37.6 Å². The summed E-state index contributed by atoms with van der Waals surface area (Å²) in [5, 5.41) is 0. The van der Waals surface area contributed by atoms with Crippen molar-refractivity contribution in [3.8, 4) is 5.75 Å². The average molecular weight is 375 g/mol. The van der Waals surface area contributed by atoms with E-state index in [1.807, 2.05) is 13.0 Å². The molecule has 26 heavy (non-hydrogen) atoms. The molecule has 1 N–H and O–H groups in total. The summed E-state index contributed by atoms with van der Waals surface area (Å²) < 4.78 is 33.2. The van der Waals surface area contributed by atoms with Crippen LogP contribution in [0.4, 0.5) is 5.82 Å². The lowest BCUT2D eigenvalue weighted by Gasteiger charge is -2.39. The molecule has 6 nitrogen and oxygen atoms in total. The average Bonchev–Trinajstić information content (AvgIpc) is 2.57. The van der Waals surface area contributed by atoms with Crippen LogP contribution in [0, 0.1) is 6.92 Å². The van der Waals surface area contributed by atoms with Crippen LogP contribution in [0.25, 0.3) is 0 Å². The second-order valence-electron chi connectivity index (χ2n) is 6.69. The molecular formula is C19H25N3O3S. The van der Waals surface area contributed by atoms with Gasteiger partial charge in [0.05, 0.1) is 18.2 Å². The molecule has 0 amide bonds. The maximum Gasteiger partial charge on any atom is 0.263 e. The Morgan fingerprint density at radius 1 is 1.31 bits per heavy atom. The summed E-state index contributed by atoms with van der Waals surface area (Å²) in [5.74, 6) is 1.35. The monoisotopic (exact) mass is 375 g/mol. The fourth-order valence-electron chi connectivity index (χ4n) is 3.25. The molecular weight excluding hydrogens is 350 g/mol. The third-order valence-corrected chi connectivity index (χ3v) is 5.95. The number of benzene rings is 1. The number of pyridine rings is 1. The minimum absolute atomic E-state index is 0.231. The third kappa shape index (κ3) is 3.99. The first kappa shape index (κ1) is 18.7. The van der Waals surface area contributed by atoms with Gasteiger partial charge in [0.25, 0.3) is 10.0 Å². The van der Waals surface area contributed by atoms with E-state index in [4.69, 9.17) is 4.74 Å². The number of rotatable bonds is 7. The van der Waals surface area contributed by atoms with Crippen LogP contribution in [0.3, 0.4) is 0 Å². The van der Waals surface area contributed by atoms with Gasteiger partial charge in [0.1, 0.15) is 11.6 Å². The first-order valence-corrected chi connectivity index (χ1v) is 10.3. The highest BCUT2D eigenvalue weighted by atomic mass is 32.2. The number of sulfonamides is 1. The zero-order valence-electron chi connectivity index (χ0n) is 15.4. The van der Waals surface area contributed by atoms with Crippen LogP contribution in [-0.2, 0) is 10.0 Å². The molecule has 1 aliphatic rings. The van der Waals surface area contributed by atoms with Crippen LogP contribution in [0.1, 0.15) is 30.4 Å². The second-order valence-corrected chi connectivity index (χ2v) is 8.37. The number of aromatic nitrogens is 1. The molecule has 0 radical (unpaired) electrons. The van der Waals surface area contributed by atoms with Crippen LogP contribution in [-0.4, -0.2) is 45.0 Å². The zero-order valence-corrected chi connectivity index (χ0v) is 16.2. The lowest BCUT2D eigenvalue weighted by molar-refractivity contribution is 0.146. The van der Waals surface area contributed by atoms with E-state index in [0.717, 1.165) is 37.2 Å². The molecule has 1 fully saturated rings. The number of likely N-dealkylation sites (tertiary alicyclic amines) is 1.